The quantitative estimate of drug-likeness (QED) is 0.643. The van der Waals surface area contributed by atoms with Crippen LogP contribution in [0, 0.1) is 0 Å². The summed E-state index contributed by atoms with van der Waals surface area (Å²) in [6.07, 6.45) is 3.28. The fraction of sp³-hybridized carbons (Fsp3) is 0.417. The van der Waals surface area contributed by atoms with Crippen LogP contribution in [0.3, 0.4) is 0 Å². The lowest BCUT2D eigenvalue weighted by molar-refractivity contribution is -0.116. The van der Waals surface area contributed by atoms with Gasteiger partial charge in [-0.05, 0) is 31.5 Å². The average molecular weight is 222 g/mol. The van der Waals surface area contributed by atoms with Crippen LogP contribution in [-0.2, 0) is 4.79 Å². The van der Waals surface area contributed by atoms with Crippen molar-refractivity contribution in [2.24, 2.45) is 5.73 Å². The molecule has 0 spiro atoms. The van der Waals surface area contributed by atoms with Crippen molar-refractivity contribution in [3.63, 3.8) is 0 Å². The van der Waals surface area contributed by atoms with Gasteiger partial charge in [-0.25, -0.2) is 0 Å². The molecule has 0 unspecified atom stereocenters. The Bertz CT molecular complexity index is 340. The van der Waals surface area contributed by atoms with E-state index in [2.05, 4.69) is 5.32 Å². The standard InChI is InChI=1S/C12H18N2O2/c13-8-3-1-2-7-12(16)14-10-5-4-6-11(15)9-10/h4-6,9,15H,1-3,7-8,13H2,(H,14,16). The topological polar surface area (TPSA) is 75.4 Å². The average Bonchev–Trinajstić information content (AvgIpc) is 2.24. The van der Waals surface area contributed by atoms with Gasteiger partial charge in [-0.3, -0.25) is 4.79 Å². The Morgan fingerprint density at radius 1 is 1.31 bits per heavy atom. The van der Waals surface area contributed by atoms with Crippen molar-refractivity contribution in [2.75, 3.05) is 11.9 Å². The maximum atomic E-state index is 11.5. The fourth-order valence-corrected chi connectivity index (χ4v) is 1.41. The molecule has 1 amide bonds. The van der Waals surface area contributed by atoms with Crippen molar-refractivity contribution in [3.05, 3.63) is 24.3 Å². The number of nitrogens with one attached hydrogen (secondary N) is 1. The van der Waals surface area contributed by atoms with Gasteiger partial charge >= 0.3 is 0 Å². The molecule has 0 aliphatic rings. The first-order chi connectivity index (χ1) is 7.72. The molecule has 1 aromatic rings. The molecule has 0 bridgehead atoms. The Hall–Kier alpha value is -1.55. The van der Waals surface area contributed by atoms with Gasteiger partial charge in [0.2, 0.25) is 5.91 Å². The molecule has 88 valence electrons. The molecule has 0 saturated heterocycles. The molecule has 4 N–H and O–H groups in total. The Balaban J connectivity index is 2.29. The maximum absolute atomic E-state index is 11.5. The summed E-state index contributed by atoms with van der Waals surface area (Å²) in [5.74, 6) is 0.128. The molecule has 0 heterocycles. The number of carbonyl (C=O) groups excluding carboxylic acids is 1. The van der Waals surface area contributed by atoms with Crippen LogP contribution in [0.15, 0.2) is 24.3 Å². The van der Waals surface area contributed by atoms with Crippen LogP contribution < -0.4 is 11.1 Å². The van der Waals surface area contributed by atoms with E-state index >= 15 is 0 Å². The molecule has 4 nitrogen and oxygen atoms in total. The lowest BCUT2D eigenvalue weighted by Gasteiger charge is -2.05. The minimum absolute atomic E-state index is 0.0254. The number of rotatable bonds is 6. The van der Waals surface area contributed by atoms with Crippen molar-refractivity contribution in [3.8, 4) is 5.75 Å². The number of benzene rings is 1. The van der Waals surface area contributed by atoms with Crippen LogP contribution in [0.4, 0.5) is 5.69 Å². The lowest BCUT2D eigenvalue weighted by Crippen LogP contribution is -2.11. The number of hydrogen-bond donors (Lipinski definition) is 3. The van der Waals surface area contributed by atoms with E-state index in [1.807, 2.05) is 0 Å². The van der Waals surface area contributed by atoms with Crippen molar-refractivity contribution in [1.82, 2.24) is 0 Å². The Morgan fingerprint density at radius 3 is 2.81 bits per heavy atom. The van der Waals surface area contributed by atoms with Crippen LogP contribution in [0.1, 0.15) is 25.7 Å². The third-order valence-electron chi connectivity index (χ3n) is 2.24. The zero-order valence-electron chi connectivity index (χ0n) is 9.28. The number of unbranched alkanes of at least 4 members (excludes halogenated alkanes) is 2. The second-order valence-electron chi connectivity index (χ2n) is 3.70. The summed E-state index contributed by atoms with van der Waals surface area (Å²) in [5.41, 5.74) is 5.99. The Morgan fingerprint density at radius 2 is 2.12 bits per heavy atom. The van der Waals surface area contributed by atoms with Crippen LogP contribution in [0.25, 0.3) is 0 Å². The number of amides is 1. The predicted molar refractivity (Wildman–Crippen MR) is 64.3 cm³/mol. The molecule has 1 rings (SSSR count). The van der Waals surface area contributed by atoms with Crippen molar-refractivity contribution < 1.29 is 9.90 Å². The monoisotopic (exact) mass is 222 g/mol. The first kappa shape index (κ1) is 12.5. The molecular weight excluding hydrogens is 204 g/mol. The minimum Gasteiger partial charge on any atom is -0.508 e. The highest BCUT2D eigenvalue weighted by molar-refractivity contribution is 5.90. The summed E-state index contributed by atoms with van der Waals surface area (Å²) < 4.78 is 0. The molecular formula is C12H18N2O2. The van der Waals surface area contributed by atoms with Gasteiger partial charge in [0.1, 0.15) is 5.75 Å². The lowest BCUT2D eigenvalue weighted by atomic mass is 10.2. The van der Waals surface area contributed by atoms with E-state index in [0.717, 1.165) is 19.3 Å². The van der Waals surface area contributed by atoms with E-state index in [9.17, 15) is 9.90 Å². The van der Waals surface area contributed by atoms with E-state index in [4.69, 9.17) is 5.73 Å². The van der Waals surface area contributed by atoms with Gasteiger partial charge in [0.05, 0.1) is 0 Å². The van der Waals surface area contributed by atoms with Gasteiger partial charge in [0.25, 0.3) is 0 Å². The zero-order valence-corrected chi connectivity index (χ0v) is 9.28. The van der Waals surface area contributed by atoms with Gasteiger partial charge in [-0.1, -0.05) is 12.5 Å². The smallest absolute Gasteiger partial charge is 0.224 e. The minimum atomic E-state index is -0.0254. The Labute approximate surface area is 95.5 Å². The number of aromatic hydroxyl groups is 1. The summed E-state index contributed by atoms with van der Waals surface area (Å²) in [4.78, 5) is 11.5. The van der Waals surface area contributed by atoms with E-state index in [-0.39, 0.29) is 11.7 Å². The predicted octanol–water partition coefficient (Wildman–Crippen LogP) is 1.85. The van der Waals surface area contributed by atoms with Crippen molar-refractivity contribution >= 4 is 11.6 Å². The van der Waals surface area contributed by atoms with E-state index in [0.29, 0.717) is 18.7 Å². The number of phenols is 1. The normalized spacial score (nSPS) is 10.1. The highest BCUT2D eigenvalue weighted by Crippen LogP contribution is 2.15. The van der Waals surface area contributed by atoms with Gasteiger partial charge in [-0.2, -0.15) is 0 Å². The third-order valence-corrected chi connectivity index (χ3v) is 2.24. The fourth-order valence-electron chi connectivity index (χ4n) is 1.41. The van der Waals surface area contributed by atoms with Crippen molar-refractivity contribution in [2.45, 2.75) is 25.7 Å². The number of anilines is 1. The van der Waals surface area contributed by atoms with E-state index in [1.165, 1.54) is 6.07 Å². The van der Waals surface area contributed by atoms with Gasteiger partial charge in [0, 0.05) is 18.2 Å². The summed E-state index contributed by atoms with van der Waals surface area (Å²) in [7, 11) is 0. The molecule has 0 fully saturated rings. The molecule has 4 heteroatoms. The molecule has 16 heavy (non-hydrogen) atoms. The van der Waals surface area contributed by atoms with Gasteiger partial charge in [-0.15, -0.1) is 0 Å². The molecule has 0 aliphatic carbocycles. The number of nitrogens with two attached hydrogens (primary N) is 1. The van der Waals surface area contributed by atoms with Crippen LogP contribution in [0.2, 0.25) is 0 Å². The second-order valence-corrected chi connectivity index (χ2v) is 3.70. The van der Waals surface area contributed by atoms with Crippen LogP contribution >= 0.6 is 0 Å². The number of hydrogen-bond acceptors (Lipinski definition) is 3. The summed E-state index contributed by atoms with van der Waals surface area (Å²) in [6, 6.07) is 6.53. The first-order valence-electron chi connectivity index (χ1n) is 5.51. The SMILES string of the molecule is NCCCCCC(=O)Nc1cccc(O)c1. The van der Waals surface area contributed by atoms with Gasteiger partial charge < -0.3 is 16.2 Å². The van der Waals surface area contributed by atoms with Gasteiger partial charge in [0.15, 0.2) is 0 Å². The molecule has 0 aromatic heterocycles. The molecule has 0 saturated carbocycles. The van der Waals surface area contributed by atoms with Crippen LogP contribution in [0.5, 0.6) is 5.75 Å². The summed E-state index contributed by atoms with van der Waals surface area (Å²) in [6.45, 7) is 0.675. The summed E-state index contributed by atoms with van der Waals surface area (Å²) in [5, 5.41) is 11.9. The van der Waals surface area contributed by atoms with Crippen LogP contribution in [-0.4, -0.2) is 17.6 Å². The summed E-state index contributed by atoms with van der Waals surface area (Å²) >= 11 is 0. The number of carbonyl (C=O) groups is 1. The van der Waals surface area contributed by atoms with E-state index < -0.39 is 0 Å². The zero-order chi connectivity index (χ0) is 11.8. The van der Waals surface area contributed by atoms with E-state index in [1.54, 1.807) is 18.2 Å². The molecule has 1 aromatic carbocycles. The molecule has 0 atom stereocenters. The highest BCUT2D eigenvalue weighted by atomic mass is 16.3. The largest absolute Gasteiger partial charge is 0.508 e. The first-order valence-corrected chi connectivity index (χ1v) is 5.51. The highest BCUT2D eigenvalue weighted by Gasteiger charge is 2.02. The third kappa shape index (κ3) is 4.79. The Kier molecular flexibility index (Phi) is 5.36. The van der Waals surface area contributed by atoms with Crippen molar-refractivity contribution in [1.29, 1.82) is 0 Å². The molecule has 0 radical (unpaired) electrons. The molecule has 0 aliphatic heterocycles. The maximum Gasteiger partial charge on any atom is 0.224 e. The number of phenolic OH excluding ortho intramolecular Hbond substituents is 1. The second kappa shape index (κ2) is 6.85.